The summed E-state index contributed by atoms with van der Waals surface area (Å²) in [4.78, 5) is 11.4. The minimum Gasteiger partial charge on any atom is -0.494 e. The van der Waals surface area contributed by atoms with Crippen molar-refractivity contribution in [2.45, 2.75) is 52.2 Å². The quantitative estimate of drug-likeness (QED) is 0.780. The van der Waals surface area contributed by atoms with Gasteiger partial charge in [0.15, 0.2) is 0 Å². The average Bonchev–Trinajstić information content (AvgIpc) is 2.26. The third-order valence-corrected chi connectivity index (χ3v) is 4.85. The molecule has 100 valence electrons. The highest BCUT2D eigenvalue weighted by Crippen LogP contribution is 2.41. The number of carbonyl (C=O) groups excluding carboxylic acids is 1. The van der Waals surface area contributed by atoms with Gasteiger partial charge in [0.05, 0.1) is 6.04 Å². The molecule has 2 fully saturated rings. The minimum absolute atomic E-state index is 0.0371. The third kappa shape index (κ3) is 1.84. The second-order valence-electron chi connectivity index (χ2n) is 6.56. The number of fused-ring (bicyclic) bond motifs is 1. The standard InChI is InChI=1S/C15H23NO2/c1-8(2)10-5-4-9(3)6-12(10)18-13-7-11-14(13)15(17)16-11/h7-12,14H,4-6H2,1-3H3,(H,16,17)/t9?,10?,11-,12?,14+/m0/s1. The van der Waals surface area contributed by atoms with Gasteiger partial charge in [-0.25, -0.2) is 0 Å². The van der Waals surface area contributed by atoms with E-state index in [4.69, 9.17) is 4.74 Å². The Morgan fingerprint density at radius 1 is 1.39 bits per heavy atom. The number of ether oxygens (including phenoxy) is 1. The fourth-order valence-corrected chi connectivity index (χ4v) is 3.55. The van der Waals surface area contributed by atoms with Crippen LogP contribution in [-0.4, -0.2) is 18.1 Å². The van der Waals surface area contributed by atoms with Gasteiger partial charge in [-0.3, -0.25) is 4.79 Å². The van der Waals surface area contributed by atoms with E-state index in [9.17, 15) is 4.79 Å². The van der Waals surface area contributed by atoms with Crippen molar-refractivity contribution < 1.29 is 9.53 Å². The Labute approximate surface area is 109 Å². The molecule has 2 aliphatic carbocycles. The highest BCUT2D eigenvalue weighted by Gasteiger charge is 2.50. The van der Waals surface area contributed by atoms with E-state index in [-0.39, 0.29) is 17.9 Å². The van der Waals surface area contributed by atoms with Gasteiger partial charge >= 0.3 is 0 Å². The van der Waals surface area contributed by atoms with Crippen molar-refractivity contribution >= 4 is 5.91 Å². The molecule has 1 saturated heterocycles. The SMILES string of the molecule is CC1CCC(C(C)C)C(OC2=C[C@@H]3NC(=O)[C@@H]23)C1. The van der Waals surface area contributed by atoms with Crippen molar-refractivity contribution in [2.75, 3.05) is 0 Å². The largest absolute Gasteiger partial charge is 0.494 e. The smallest absolute Gasteiger partial charge is 0.233 e. The van der Waals surface area contributed by atoms with Gasteiger partial charge < -0.3 is 10.1 Å². The second kappa shape index (κ2) is 4.29. The predicted octanol–water partition coefficient (Wildman–Crippen LogP) is 2.48. The Morgan fingerprint density at radius 3 is 2.78 bits per heavy atom. The Balaban J connectivity index is 1.66. The predicted molar refractivity (Wildman–Crippen MR) is 69.7 cm³/mol. The van der Waals surface area contributed by atoms with Crippen LogP contribution in [0, 0.1) is 23.7 Å². The maximum atomic E-state index is 11.4. The van der Waals surface area contributed by atoms with E-state index in [0.29, 0.717) is 17.9 Å². The van der Waals surface area contributed by atoms with E-state index < -0.39 is 0 Å². The summed E-state index contributed by atoms with van der Waals surface area (Å²) in [5, 5.41) is 2.86. The lowest BCUT2D eigenvalue weighted by molar-refractivity contribution is -0.138. The maximum absolute atomic E-state index is 11.4. The molecule has 0 bridgehead atoms. The van der Waals surface area contributed by atoms with Crippen molar-refractivity contribution in [3.8, 4) is 0 Å². The molecule has 1 N–H and O–H groups in total. The van der Waals surface area contributed by atoms with E-state index in [1.807, 2.05) is 0 Å². The van der Waals surface area contributed by atoms with Crippen molar-refractivity contribution in [3.63, 3.8) is 0 Å². The van der Waals surface area contributed by atoms with Crippen molar-refractivity contribution in [2.24, 2.45) is 23.7 Å². The molecule has 0 radical (unpaired) electrons. The number of hydrogen-bond acceptors (Lipinski definition) is 2. The molecule has 1 saturated carbocycles. The van der Waals surface area contributed by atoms with Crippen LogP contribution in [0.4, 0.5) is 0 Å². The monoisotopic (exact) mass is 249 g/mol. The highest BCUT2D eigenvalue weighted by molar-refractivity contribution is 5.91. The molecule has 3 nitrogen and oxygen atoms in total. The first-order chi connectivity index (χ1) is 8.56. The average molecular weight is 249 g/mol. The van der Waals surface area contributed by atoms with Crippen LogP contribution < -0.4 is 5.32 Å². The fraction of sp³-hybridized carbons (Fsp3) is 0.800. The van der Waals surface area contributed by atoms with E-state index in [2.05, 4.69) is 32.2 Å². The Bertz CT molecular complexity index is 388. The summed E-state index contributed by atoms with van der Waals surface area (Å²) in [5.41, 5.74) is 0. The summed E-state index contributed by atoms with van der Waals surface area (Å²) in [6, 6.07) is 0.269. The summed E-state index contributed by atoms with van der Waals surface area (Å²) in [6.07, 6.45) is 6.10. The highest BCUT2D eigenvalue weighted by atomic mass is 16.5. The van der Waals surface area contributed by atoms with Crippen molar-refractivity contribution in [3.05, 3.63) is 11.8 Å². The molecule has 0 spiro atoms. The molecule has 5 atom stereocenters. The van der Waals surface area contributed by atoms with Crippen LogP contribution in [0.3, 0.4) is 0 Å². The Morgan fingerprint density at radius 2 is 2.17 bits per heavy atom. The Hall–Kier alpha value is -0.990. The van der Waals surface area contributed by atoms with Crippen molar-refractivity contribution in [1.29, 1.82) is 0 Å². The van der Waals surface area contributed by atoms with Gasteiger partial charge in [-0.2, -0.15) is 0 Å². The van der Waals surface area contributed by atoms with Gasteiger partial charge in [-0.15, -0.1) is 0 Å². The first-order valence-corrected chi connectivity index (χ1v) is 7.25. The number of β-lactam (4-membered cyclic amide) rings is 1. The first-order valence-electron chi connectivity index (χ1n) is 7.25. The molecule has 0 aromatic carbocycles. The number of rotatable bonds is 3. The van der Waals surface area contributed by atoms with Crippen LogP contribution in [0.15, 0.2) is 11.8 Å². The molecule has 0 aromatic heterocycles. The fourth-order valence-electron chi connectivity index (χ4n) is 3.55. The van der Waals surface area contributed by atoms with Crippen LogP contribution in [0.2, 0.25) is 0 Å². The van der Waals surface area contributed by atoms with E-state index in [0.717, 1.165) is 18.1 Å². The molecule has 1 heterocycles. The van der Waals surface area contributed by atoms with Crippen LogP contribution >= 0.6 is 0 Å². The summed E-state index contributed by atoms with van der Waals surface area (Å²) in [5.74, 6) is 3.17. The van der Waals surface area contributed by atoms with Gasteiger partial charge in [0.2, 0.25) is 5.91 Å². The lowest BCUT2D eigenvalue weighted by Gasteiger charge is -2.46. The molecule has 0 aromatic rings. The van der Waals surface area contributed by atoms with E-state index >= 15 is 0 Å². The molecular formula is C15H23NO2. The first kappa shape index (κ1) is 12.1. The zero-order chi connectivity index (χ0) is 12.9. The van der Waals surface area contributed by atoms with Crippen LogP contribution in [0.1, 0.15) is 40.0 Å². The van der Waals surface area contributed by atoms with Crippen LogP contribution in [-0.2, 0) is 9.53 Å². The van der Waals surface area contributed by atoms with E-state index in [1.54, 1.807) is 0 Å². The van der Waals surface area contributed by atoms with Gasteiger partial charge in [-0.1, -0.05) is 27.2 Å². The lowest BCUT2D eigenvalue weighted by atomic mass is 9.74. The van der Waals surface area contributed by atoms with Crippen LogP contribution in [0.25, 0.3) is 0 Å². The number of amides is 1. The third-order valence-electron chi connectivity index (χ3n) is 4.85. The molecule has 1 amide bonds. The molecule has 3 rings (SSSR count). The number of carbonyl (C=O) groups is 1. The van der Waals surface area contributed by atoms with Crippen molar-refractivity contribution in [1.82, 2.24) is 5.32 Å². The maximum Gasteiger partial charge on any atom is 0.233 e. The second-order valence-corrected chi connectivity index (χ2v) is 6.56. The van der Waals surface area contributed by atoms with Gasteiger partial charge in [0.1, 0.15) is 17.8 Å². The summed E-state index contributed by atoms with van der Waals surface area (Å²) < 4.78 is 6.18. The summed E-state index contributed by atoms with van der Waals surface area (Å²) in [7, 11) is 0. The summed E-state index contributed by atoms with van der Waals surface area (Å²) >= 11 is 0. The molecule has 1 aliphatic heterocycles. The number of nitrogens with one attached hydrogen (secondary N) is 1. The lowest BCUT2D eigenvalue weighted by Crippen LogP contribution is -2.63. The molecule has 3 unspecified atom stereocenters. The molecule has 3 aliphatic rings. The van der Waals surface area contributed by atoms with E-state index in [1.165, 1.54) is 12.8 Å². The summed E-state index contributed by atoms with van der Waals surface area (Å²) in [6.45, 7) is 6.87. The molecular weight excluding hydrogens is 226 g/mol. The molecule has 18 heavy (non-hydrogen) atoms. The minimum atomic E-state index is 0.0371. The van der Waals surface area contributed by atoms with Crippen LogP contribution in [0.5, 0.6) is 0 Å². The van der Waals surface area contributed by atoms with Gasteiger partial charge in [0.25, 0.3) is 0 Å². The van der Waals surface area contributed by atoms with Gasteiger partial charge in [-0.05, 0) is 36.7 Å². The number of hydrogen-bond donors (Lipinski definition) is 1. The topological polar surface area (TPSA) is 38.3 Å². The Kier molecular flexibility index (Phi) is 2.87. The van der Waals surface area contributed by atoms with Gasteiger partial charge in [0, 0.05) is 0 Å². The zero-order valence-electron chi connectivity index (χ0n) is 11.5. The zero-order valence-corrected chi connectivity index (χ0v) is 11.5. The normalized spacial score (nSPS) is 42.3. The molecule has 3 heteroatoms.